The Morgan fingerprint density at radius 1 is 1.13 bits per heavy atom. The highest BCUT2D eigenvalue weighted by Gasteiger charge is 2.21. The number of non-ortho nitro benzene ring substituents is 1. The van der Waals surface area contributed by atoms with Crippen molar-refractivity contribution in [2.45, 2.75) is 19.9 Å². The summed E-state index contributed by atoms with van der Waals surface area (Å²) in [5.74, 6) is 0. The second-order valence-corrected chi connectivity index (χ2v) is 5.98. The van der Waals surface area contributed by atoms with Crippen LogP contribution in [0.3, 0.4) is 0 Å². The van der Waals surface area contributed by atoms with E-state index in [4.69, 9.17) is 0 Å². The maximum Gasteiger partial charge on any atom is 0.270 e. The average Bonchev–Trinajstić information content (AvgIpc) is 2.88. The van der Waals surface area contributed by atoms with Crippen molar-refractivity contribution in [3.8, 4) is 11.1 Å². The first kappa shape index (κ1) is 13.8. The fourth-order valence-electron chi connectivity index (χ4n) is 3.37. The van der Waals surface area contributed by atoms with E-state index in [1.165, 1.54) is 5.57 Å². The van der Waals surface area contributed by atoms with Gasteiger partial charge in [-0.2, -0.15) is 0 Å². The molecule has 0 N–H and O–H groups in total. The van der Waals surface area contributed by atoms with E-state index >= 15 is 0 Å². The van der Waals surface area contributed by atoms with Gasteiger partial charge in [-0.05, 0) is 31.1 Å². The quantitative estimate of drug-likeness (QED) is 0.493. The molecular weight excluding hydrogens is 288 g/mol. The Labute approximate surface area is 133 Å². The van der Waals surface area contributed by atoms with Crippen LogP contribution in [-0.4, -0.2) is 9.49 Å². The topological polar surface area (TPSA) is 48.1 Å². The number of nitro groups is 1. The number of nitro benzene ring substituents is 1. The molecule has 0 spiro atoms. The molecule has 23 heavy (non-hydrogen) atoms. The van der Waals surface area contributed by atoms with Gasteiger partial charge in [-0.1, -0.05) is 35.9 Å². The van der Waals surface area contributed by atoms with E-state index in [1.54, 1.807) is 12.1 Å². The van der Waals surface area contributed by atoms with Crippen molar-refractivity contribution in [2.75, 3.05) is 0 Å². The van der Waals surface area contributed by atoms with E-state index in [9.17, 15) is 10.1 Å². The molecule has 0 unspecified atom stereocenters. The van der Waals surface area contributed by atoms with E-state index in [2.05, 4.69) is 29.7 Å². The third-order valence-corrected chi connectivity index (χ3v) is 4.47. The van der Waals surface area contributed by atoms with Crippen molar-refractivity contribution in [3.05, 3.63) is 69.9 Å². The minimum absolute atomic E-state index is 0.137. The van der Waals surface area contributed by atoms with Crippen LogP contribution in [0.1, 0.15) is 19.0 Å². The van der Waals surface area contributed by atoms with Gasteiger partial charge in [0.05, 0.1) is 4.92 Å². The maximum atomic E-state index is 11.2. The molecule has 2 heterocycles. The standard InChI is InChI=1S/C19H16N2O2/c1-13-9-10-20-17-8-7-15(21(22)23)12-16(17)19(18(20)11-13)14-5-3-2-4-6-14/h2-8,11-12H,9-10H2,1H3. The van der Waals surface area contributed by atoms with Crippen LogP contribution in [0.4, 0.5) is 5.69 Å². The molecule has 0 amide bonds. The van der Waals surface area contributed by atoms with Crippen molar-refractivity contribution >= 4 is 22.7 Å². The molecule has 0 atom stereocenters. The Kier molecular flexibility index (Phi) is 3.05. The summed E-state index contributed by atoms with van der Waals surface area (Å²) in [7, 11) is 0. The van der Waals surface area contributed by atoms with Crippen molar-refractivity contribution in [2.24, 2.45) is 0 Å². The SMILES string of the molecule is CC1=Cc2c(-c3ccccc3)c3cc([N+](=O)[O-])ccc3n2CC1. The largest absolute Gasteiger partial charge is 0.340 e. The molecule has 2 aromatic carbocycles. The fourth-order valence-corrected chi connectivity index (χ4v) is 3.37. The van der Waals surface area contributed by atoms with Crippen LogP contribution < -0.4 is 0 Å². The number of allylic oxidation sites excluding steroid dienone is 1. The Morgan fingerprint density at radius 3 is 2.65 bits per heavy atom. The van der Waals surface area contributed by atoms with Crippen molar-refractivity contribution in [1.82, 2.24) is 4.57 Å². The lowest BCUT2D eigenvalue weighted by molar-refractivity contribution is -0.384. The highest BCUT2D eigenvalue weighted by atomic mass is 16.6. The molecule has 1 aromatic heterocycles. The predicted octanol–water partition coefficient (Wildman–Crippen LogP) is 5.02. The number of aromatic nitrogens is 1. The molecule has 4 rings (SSSR count). The first-order chi connectivity index (χ1) is 11.1. The van der Waals surface area contributed by atoms with E-state index in [0.717, 1.165) is 40.7 Å². The van der Waals surface area contributed by atoms with Gasteiger partial charge in [0.15, 0.2) is 0 Å². The number of fused-ring (bicyclic) bond motifs is 3. The zero-order chi connectivity index (χ0) is 16.0. The van der Waals surface area contributed by atoms with Crippen molar-refractivity contribution in [1.29, 1.82) is 0 Å². The molecule has 4 heteroatoms. The fraction of sp³-hybridized carbons (Fsp3) is 0.158. The smallest absolute Gasteiger partial charge is 0.270 e. The lowest BCUT2D eigenvalue weighted by Gasteiger charge is -2.16. The highest BCUT2D eigenvalue weighted by Crippen LogP contribution is 2.39. The van der Waals surface area contributed by atoms with E-state index in [-0.39, 0.29) is 10.6 Å². The summed E-state index contributed by atoms with van der Waals surface area (Å²) in [5.41, 5.74) is 5.87. The summed E-state index contributed by atoms with van der Waals surface area (Å²) < 4.78 is 2.27. The summed E-state index contributed by atoms with van der Waals surface area (Å²) in [6.07, 6.45) is 3.22. The van der Waals surface area contributed by atoms with Gasteiger partial charge in [-0.3, -0.25) is 10.1 Å². The molecule has 4 nitrogen and oxygen atoms in total. The van der Waals surface area contributed by atoms with Crippen LogP contribution in [0.25, 0.3) is 28.1 Å². The molecule has 0 aliphatic carbocycles. The molecule has 0 saturated carbocycles. The molecule has 0 bridgehead atoms. The van der Waals surface area contributed by atoms with Crippen LogP contribution >= 0.6 is 0 Å². The van der Waals surface area contributed by atoms with Gasteiger partial charge in [-0.15, -0.1) is 0 Å². The molecule has 1 aliphatic rings. The van der Waals surface area contributed by atoms with E-state index in [0.29, 0.717) is 0 Å². The first-order valence-electron chi connectivity index (χ1n) is 7.68. The number of benzene rings is 2. The van der Waals surface area contributed by atoms with Gasteiger partial charge in [0.1, 0.15) is 0 Å². The number of aryl methyl sites for hydroxylation is 1. The lowest BCUT2D eigenvalue weighted by Crippen LogP contribution is -2.05. The number of hydrogen-bond acceptors (Lipinski definition) is 2. The van der Waals surface area contributed by atoms with Gasteiger partial charge in [-0.25, -0.2) is 0 Å². The Hall–Kier alpha value is -2.88. The highest BCUT2D eigenvalue weighted by molar-refractivity contribution is 6.02. The van der Waals surface area contributed by atoms with Crippen LogP contribution in [-0.2, 0) is 6.54 Å². The zero-order valence-electron chi connectivity index (χ0n) is 12.8. The lowest BCUT2D eigenvalue weighted by atomic mass is 9.99. The second kappa shape index (κ2) is 5.09. The summed E-state index contributed by atoms with van der Waals surface area (Å²) >= 11 is 0. The monoisotopic (exact) mass is 304 g/mol. The first-order valence-corrected chi connectivity index (χ1v) is 7.68. The minimum Gasteiger partial charge on any atom is -0.340 e. The number of hydrogen-bond donors (Lipinski definition) is 0. The molecular formula is C19H16N2O2. The molecule has 0 fully saturated rings. The number of nitrogens with zero attached hydrogens (tertiary/aromatic N) is 2. The van der Waals surface area contributed by atoms with Gasteiger partial charge in [0.25, 0.3) is 5.69 Å². The van der Waals surface area contributed by atoms with Crippen LogP contribution in [0, 0.1) is 10.1 Å². The Morgan fingerprint density at radius 2 is 1.91 bits per heavy atom. The minimum atomic E-state index is -0.327. The number of rotatable bonds is 2. The summed E-state index contributed by atoms with van der Waals surface area (Å²) in [6.45, 7) is 3.05. The third-order valence-electron chi connectivity index (χ3n) is 4.47. The van der Waals surface area contributed by atoms with Crippen molar-refractivity contribution in [3.63, 3.8) is 0 Å². The molecule has 3 aromatic rings. The zero-order valence-corrected chi connectivity index (χ0v) is 12.8. The van der Waals surface area contributed by atoms with Crippen LogP contribution in [0.15, 0.2) is 54.1 Å². The Bertz CT molecular complexity index is 952. The van der Waals surface area contributed by atoms with Crippen LogP contribution in [0.2, 0.25) is 0 Å². The van der Waals surface area contributed by atoms with Crippen LogP contribution in [0.5, 0.6) is 0 Å². The van der Waals surface area contributed by atoms with Gasteiger partial charge >= 0.3 is 0 Å². The molecule has 1 aliphatic heterocycles. The predicted molar refractivity (Wildman–Crippen MR) is 92.3 cm³/mol. The van der Waals surface area contributed by atoms with Gasteiger partial charge in [0, 0.05) is 40.8 Å². The molecule has 114 valence electrons. The Balaban J connectivity index is 2.11. The van der Waals surface area contributed by atoms with Gasteiger partial charge < -0.3 is 4.57 Å². The third kappa shape index (κ3) is 2.14. The average molecular weight is 304 g/mol. The van der Waals surface area contributed by atoms with E-state index < -0.39 is 0 Å². The molecule has 0 radical (unpaired) electrons. The summed E-state index contributed by atoms with van der Waals surface area (Å²) in [4.78, 5) is 10.8. The normalized spacial score (nSPS) is 13.7. The summed E-state index contributed by atoms with van der Waals surface area (Å²) in [6, 6.07) is 15.3. The van der Waals surface area contributed by atoms with E-state index in [1.807, 2.05) is 24.3 Å². The maximum absolute atomic E-state index is 11.2. The molecule has 0 saturated heterocycles. The summed E-state index contributed by atoms with van der Waals surface area (Å²) in [5, 5.41) is 12.1. The van der Waals surface area contributed by atoms with Crippen molar-refractivity contribution < 1.29 is 4.92 Å². The second-order valence-electron chi connectivity index (χ2n) is 5.98. The van der Waals surface area contributed by atoms with Gasteiger partial charge in [0.2, 0.25) is 0 Å².